The van der Waals surface area contributed by atoms with Crippen molar-refractivity contribution in [1.29, 1.82) is 0 Å². The molecule has 0 aromatic heterocycles. The van der Waals surface area contributed by atoms with Crippen LogP contribution in [0.25, 0.3) is 0 Å². The van der Waals surface area contributed by atoms with Gasteiger partial charge in [-0.05, 0) is 44.2 Å². The van der Waals surface area contributed by atoms with Crippen LogP contribution in [0.1, 0.15) is 38.7 Å². The van der Waals surface area contributed by atoms with Gasteiger partial charge in [0.15, 0.2) is 0 Å². The topological polar surface area (TPSA) is 32.3 Å². The zero-order valence-corrected chi connectivity index (χ0v) is 12.0. The summed E-state index contributed by atoms with van der Waals surface area (Å²) in [5.41, 5.74) is 2.41. The van der Waals surface area contributed by atoms with E-state index in [1.165, 1.54) is 12.0 Å². The van der Waals surface area contributed by atoms with Crippen LogP contribution in [0.5, 0.6) is 0 Å². The number of hydrogen-bond donors (Lipinski definition) is 1. The van der Waals surface area contributed by atoms with Crippen LogP contribution in [-0.4, -0.2) is 25.0 Å². The molecule has 0 saturated heterocycles. The highest BCUT2D eigenvalue weighted by atomic mass is 16.2. The lowest BCUT2D eigenvalue weighted by atomic mass is 10.1. The first-order valence-corrected chi connectivity index (χ1v) is 7.34. The SMILES string of the molecule is CCC(C)NCC(=O)N1CCCCc2ccccc21. The summed E-state index contributed by atoms with van der Waals surface area (Å²) in [5.74, 6) is 0.189. The van der Waals surface area contributed by atoms with Gasteiger partial charge in [-0.1, -0.05) is 25.1 Å². The number of fused-ring (bicyclic) bond motifs is 1. The number of hydrogen-bond acceptors (Lipinski definition) is 2. The normalized spacial score (nSPS) is 16.6. The van der Waals surface area contributed by atoms with Crippen molar-refractivity contribution in [1.82, 2.24) is 5.32 Å². The van der Waals surface area contributed by atoms with Gasteiger partial charge in [0.05, 0.1) is 6.54 Å². The number of para-hydroxylation sites is 1. The van der Waals surface area contributed by atoms with E-state index in [2.05, 4.69) is 37.4 Å². The van der Waals surface area contributed by atoms with Gasteiger partial charge in [0.1, 0.15) is 0 Å². The number of carbonyl (C=O) groups is 1. The van der Waals surface area contributed by atoms with Crippen molar-refractivity contribution in [3.8, 4) is 0 Å². The third kappa shape index (κ3) is 3.57. The summed E-state index contributed by atoms with van der Waals surface area (Å²) in [4.78, 5) is 14.4. The molecule has 1 aliphatic rings. The molecule has 1 atom stereocenters. The van der Waals surface area contributed by atoms with E-state index in [9.17, 15) is 4.79 Å². The Kier molecular flexibility index (Phi) is 4.97. The van der Waals surface area contributed by atoms with Gasteiger partial charge in [0, 0.05) is 18.3 Å². The second-order valence-electron chi connectivity index (χ2n) is 5.32. The summed E-state index contributed by atoms with van der Waals surface area (Å²) in [6, 6.07) is 8.69. The number of carbonyl (C=O) groups excluding carboxylic acids is 1. The molecule has 0 bridgehead atoms. The lowest BCUT2D eigenvalue weighted by Crippen LogP contribution is -2.41. The Balaban J connectivity index is 2.08. The van der Waals surface area contributed by atoms with Crippen LogP contribution >= 0.6 is 0 Å². The molecule has 3 heteroatoms. The Hall–Kier alpha value is -1.35. The molecular weight excluding hydrogens is 236 g/mol. The van der Waals surface area contributed by atoms with E-state index < -0.39 is 0 Å². The molecule has 3 nitrogen and oxygen atoms in total. The van der Waals surface area contributed by atoms with E-state index in [1.807, 2.05) is 11.0 Å². The Morgan fingerprint density at radius 1 is 1.37 bits per heavy atom. The van der Waals surface area contributed by atoms with Gasteiger partial charge in [-0.3, -0.25) is 4.79 Å². The van der Waals surface area contributed by atoms with E-state index >= 15 is 0 Å². The maximum Gasteiger partial charge on any atom is 0.240 e. The zero-order valence-electron chi connectivity index (χ0n) is 12.0. The average Bonchev–Trinajstić information content (AvgIpc) is 2.66. The Labute approximate surface area is 116 Å². The predicted octanol–water partition coefficient (Wildman–Crippen LogP) is 2.74. The smallest absolute Gasteiger partial charge is 0.240 e. The minimum absolute atomic E-state index is 0.189. The van der Waals surface area contributed by atoms with Crippen LogP contribution in [0.3, 0.4) is 0 Å². The van der Waals surface area contributed by atoms with Gasteiger partial charge in [0.2, 0.25) is 5.91 Å². The quantitative estimate of drug-likeness (QED) is 0.903. The fourth-order valence-corrected chi connectivity index (χ4v) is 2.45. The number of aryl methyl sites for hydroxylation is 1. The lowest BCUT2D eigenvalue weighted by molar-refractivity contribution is -0.117. The third-order valence-electron chi connectivity index (χ3n) is 3.88. The van der Waals surface area contributed by atoms with E-state index in [-0.39, 0.29) is 5.91 Å². The maximum atomic E-state index is 12.4. The highest BCUT2D eigenvalue weighted by molar-refractivity contribution is 5.95. The number of nitrogens with one attached hydrogen (secondary N) is 1. The number of anilines is 1. The number of nitrogens with zero attached hydrogens (tertiary/aromatic N) is 1. The first-order valence-electron chi connectivity index (χ1n) is 7.34. The van der Waals surface area contributed by atoms with Gasteiger partial charge < -0.3 is 10.2 Å². The fourth-order valence-electron chi connectivity index (χ4n) is 2.45. The molecule has 1 unspecified atom stereocenters. The zero-order chi connectivity index (χ0) is 13.7. The summed E-state index contributed by atoms with van der Waals surface area (Å²) in [5, 5.41) is 3.29. The monoisotopic (exact) mass is 260 g/mol. The van der Waals surface area contributed by atoms with E-state index in [1.54, 1.807) is 0 Å². The van der Waals surface area contributed by atoms with Crippen LogP contribution in [0, 0.1) is 0 Å². The third-order valence-corrected chi connectivity index (χ3v) is 3.88. The van der Waals surface area contributed by atoms with Gasteiger partial charge in [-0.25, -0.2) is 0 Å². The Bertz CT molecular complexity index is 431. The minimum Gasteiger partial charge on any atom is -0.311 e. The molecule has 0 radical (unpaired) electrons. The second-order valence-corrected chi connectivity index (χ2v) is 5.32. The van der Waals surface area contributed by atoms with Crippen molar-refractivity contribution >= 4 is 11.6 Å². The molecule has 0 aliphatic carbocycles. The fraction of sp³-hybridized carbons (Fsp3) is 0.562. The molecule has 19 heavy (non-hydrogen) atoms. The molecule has 1 aromatic carbocycles. The lowest BCUT2D eigenvalue weighted by Gasteiger charge is -2.24. The number of benzene rings is 1. The summed E-state index contributed by atoms with van der Waals surface area (Å²) >= 11 is 0. The molecule has 1 aromatic rings. The highest BCUT2D eigenvalue weighted by Crippen LogP contribution is 2.25. The van der Waals surface area contributed by atoms with E-state index in [0.29, 0.717) is 12.6 Å². The van der Waals surface area contributed by atoms with Crippen LogP contribution in [-0.2, 0) is 11.2 Å². The Morgan fingerprint density at radius 3 is 2.95 bits per heavy atom. The molecule has 104 valence electrons. The van der Waals surface area contributed by atoms with Crippen molar-refractivity contribution in [3.63, 3.8) is 0 Å². The first-order chi connectivity index (χ1) is 9.22. The molecular formula is C16H24N2O. The molecule has 1 aliphatic heterocycles. The van der Waals surface area contributed by atoms with Crippen molar-refractivity contribution in [2.75, 3.05) is 18.0 Å². The van der Waals surface area contributed by atoms with Crippen LogP contribution < -0.4 is 10.2 Å². The molecule has 0 spiro atoms. The van der Waals surface area contributed by atoms with Crippen LogP contribution in [0.2, 0.25) is 0 Å². The first kappa shape index (κ1) is 14.1. The van der Waals surface area contributed by atoms with Gasteiger partial charge in [-0.15, -0.1) is 0 Å². The summed E-state index contributed by atoms with van der Waals surface area (Å²) < 4.78 is 0. The van der Waals surface area contributed by atoms with Gasteiger partial charge in [0.25, 0.3) is 0 Å². The molecule has 1 heterocycles. The number of rotatable bonds is 4. The van der Waals surface area contributed by atoms with Crippen molar-refractivity contribution < 1.29 is 4.79 Å². The Morgan fingerprint density at radius 2 is 2.16 bits per heavy atom. The summed E-state index contributed by atoms with van der Waals surface area (Å²) in [7, 11) is 0. The molecule has 2 rings (SSSR count). The van der Waals surface area contributed by atoms with E-state index in [4.69, 9.17) is 0 Å². The minimum atomic E-state index is 0.189. The standard InChI is InChI=1S/C16H24N2O/c1-3-13(2)17-12-16(19)18-11-7-6-9-14-8-4-5-10-15(14)18/h4-5,8,10,13,17H,3,6-7,9,11-12H2,1-2H3. The van der Waals surface area contributed by atoms with Crippen molar-refractivity contribution in [3.05, 3.63) is 29.8 Å². The predicted molar refractivity (Wildman–Crippen MR) is 79.5 cm³/mol. The van der Waals surface area contributed by atoms with Gasteiger partial charge in [-0.2, -0.15) is 0 Å². The molecule has 0 saturated carbocycles. The summed E-state index contributed by atoms with van der Waals surface area (Å²) in [6.45, 7) is 5.52. The van der Waals surface area contributed by atoms with Crippen LogP contribution in [0.4, 0.5) is 5.69 Å². The molecule has 1 N–H and O–H groups in total. The van der Waals surface area contributed by atoms with Crippen LogP contribution in [0.15, 0.2) is 24.3 Å². The largest absolute Gasteiger partial charge is 0.311 e. The van der Waals surface area contributed by atoms with Gasteiger partial charge >= 0.3 is 0 Å². The summed E-state index contributed by atoms with van der Waals surface area (Å²) in [6.07, 6.45) is 4.38. The highest BCUT2D eigenvalue weighted by Gasteiger charge is 2.20. The maximum absolute atomic E-state index is 12.4. The molecule has 0 fully saturated rings. The number of amides is 1. The van der Waals surface area contributed by atoms with E-state index in [0.717, 1.165) is 31.5 Å². The van der Waals surface area contributed by atoms with Crippen molar-refractivity contribution in [2.45, 2.75) is 45.6 Å². The molecule has 1 amide bonds. The average molecular weight is 260 g/mol. The second kappa shape index (κ2) is 6.71. The van der Waals surface area contributed by atoms with Crippen molar-refractivity contribution in [2.24, 2.45) is 0 Å².